The first-order chi connectivity index (χ1) is 9.75. The number of hydrogen-bond donors (Lipinski definition) is 1. The van der Waals surface area contributed by atoms with Crippen LogP contribution in [0.4, 0.5) is 5.82 Å². The molecule has 0 bridgehead atoms. The number of nitrogens with zero attached hydrogens (tertiary/aromatic N) is 3. The second-order valence-corrected chi connectivity index (χ2v) is 7.57. The second-order valence-electron chi connectivity index (χ2n) is 5.88. The van der Waals surface area contributed by atoms with Gasteiger partial charge in [0.1, 0.15) is 11.0 Å². The summed E-state index contributed by atoms with van der Waals surface area (Å²) in [5, 5.41) is 1.04. The Hall–Kier alpha value is -1.33. The molecule has 0 spiro atoms. The van der Waals surface area contributed by atoms with E-state index >= 15 is 0 Å². The zero-order valence-electron chi connectivity index (χ0n) is 12.6. The minimum absolute atomic E-state index is 0.0963. The Bertz CT molecular complexity index is 620. The van der Waals surface area contributed by atoms with Crippen LogP contribution in [-0.2, 0) is 5.41 Å². The summed E-state index contributed by atoms with van der Waals surface area (Å²) in [4.78, 5) is 12.8. The van der Waals surface area contributed by atoms with Gasteiger partial charge in [-0.2, -0.15) is 0 Å². The molecule has 2 aromatic heterocycles. The lowest BCUT2D eigenvalue weighted by Crippen LogP contribution is -2.12. The predicted molar refractivity (Wildman–Crippen MR) is 88.7 cm³/mol. The number of nitrogens with two attached hydrogens (primary N) is 1. The van der Waals surface area contributed by atoms with Crippen LogP contribution >= 0.6 is 23.4 Å². The maximum atomic E-state index is 5.90. The smallest absolute Gasteiger partial charge is 0.191 e. The van der Waals surface area contributed by atoms with Crippen molar-refractivity contribution in [2.24, 2.45) is 0 Å². The molecular formula is C15H19ClN4S. The highest BCUT2D eigenvalue weighted by Gasteiger charge is 2.17. The normalized spacial score (nSPS) is 13.2. The van der Waals surface area contributed by atoms with Crippen molar-refractivity contribution in [2.75, 3.05) is 5.73 Å². The van der Waals surface area contributed by atoms with Gasteiger partial charge >= 0.3 is 0 Å². The molecule has 2 heterocycles. The molecule has 0 saturated heterocycles. The number of nitrogen functional groups attached to an aromatic ring is 1. The number of rotatable bonds is 3. The average molecular weight is 323 g/mol. The molecule has 112 valence electrons. The van der Waals surface area contributed by atoms with Crippen LogP contribution in [0.5, 0.6) is 0 Å². The Morgan fingerprint density at radius 1 is 1.24 bits per heavy atom. The number of pyridine rings is 1. The summed E-state index contributed by atoms with van der Waals surface area (Å²) < 4.78 is 0. The summed E-state index contributed by atoms with van der Waals surface area (Å²) in [6.07, 6.45) is 1.85. The van der Waals surface area contributed by atoms with Crippen molar-refractivity contribution >= 4 is 29.2 Å². The summed E-state index contributed by atoms with van der Waals surface area (Å²) >= 11 is 7.40. The molecule has 2 aromatic rings. The van der Waals surface area contributed by atoms with Crippen molar-refractivity contribution in [1.29, 1.82) is 0 Å². The van der Waals surface area contributed by atoms with Crippen molar-refractivity contribution in [3.05, 3.63) is 40.8 Å². The van der Waals surface area contributed by atoms with E-state index in [0.717, 1.165) is 5.69 Å². The molecule has 2 rings (SSSR count). The van der Waals surface area contributed by atoms with Gasteiger partial charge in [0.25, 0.3) is 0 Å². The molecule has 0 aliphatic rings. The number of anilines is 1. The minimum atomic E-state index is 0.0963. The highest BCUT2D eigenvalue weighted by molar-refractivity contribution is 7.99. The van der Waals surface area contributed by atoms with Crippen molar-refractivity contribution in [2.45, 2.75) is 43.5 Å². The van der Waals surface area contributed by atoms with Gasteiger partial charge in [-0.3, -0.25) is 4.98 Å². The highest BCUT2D eigenvalue weighted by Crippen LogP contribution is 2.34. The van der Waals surface area contributed by atoms with Gasteiger partial charge < -0.3 is 5.73 Å². The lowest BCUT2D eigenvalue weighted by atomic mass is 9.87. The van der Waals surface area contributed by atoms with E-state index in [0.29, 0.717) is 16.1 Å². The topological polar surface area (TPSA) is 64.7 Å². The van der Waals surface area contributed by atoms with E-state index in [1.165, 1.54) is 23.4 Å². The van der Waals surface area contributed by atoms with Crippen LogP contribution < -0.4 is 5.73 Å². The van der Waals surface area contributed by atoms with Crippen LogP contribution in [0.25, 0.3) is 0 Å². The van der Waals surface area contributed by atoms with Crippen LogP contribution in [0.1, 0.15) is 44.2 Å². The van der Waals surface area contributed by atoms with E-state index < -0.39 is 0 Å². The maximum absolute atomic E-state index is 5.90. The zero-order chi connectivity index (χ0) is 15.6. The molecule has 1 atom stereocenters. The van der Waals surface area contributed by atoms with Gasteiger partial charge in [-0.05, 0) is 30.0 Å². The van der Waals surface area contributed by atoms with Crippen LogP contribution in [0.2, 0.25) is 5.15 Å². The van der Waals surface area contributed by atoms with Gasteiger partial charge in [0.15, 0.2) is 5.16 Å². The average Bonchev–Trinajstić information content (AvgIpc) is 2.36. The zero-order valence-corrected chi connectivity index (χ0v) is 14.2. The molecule has 21 heavy (non-hydrogen) atoms. The van der Waals surface area contributed by atoms with E-state index in [4.69, 9.17) is 17.3 Å². The SMILES string of the molecule is CC(Sc1nc(N)cc(Cl)n1)c1cc(C(C)(C)C)ccn1. The van der Waals surface area contributed by atoms with Crippen molar-refractivity contribution in [3.63, 3.8) is 0 Å². The van der Waals surface area contributed by atoms with Crippen molar-refractivity contribution < 1.29 is 0 Å². The molecule has 0 saturated carbocycles. The Kier molecular flexibility index (Phi) is 4.74. The number of halogens is 1. The quantitative estimate of drug-likeness (QED) is 0.519. The van der Waals surface area contributed by atoms with Gasteiger partial charge in [0.05, 0.1) is 10.9 Å². The Morgan fingerprint density at radius 2 is 1.95 bits per heavy atom. The Balaban J connectivity index is 2.22. The first-order valence-corrected chi connectivity index (χ1v) is 7.94. The number of aromatic nitrogens is 3. The molecule has 6 heteroatoms. The third kappa shape index (κ3) is 4.32. The molecule has 1 unspecified atom stereocenters. The van der Waals surface area contributed by atoms with Crippen LogP contribution in [0.15, 0.2) is 29.6 Å². The second kappa shape index (κ2) is 6.20. The maximum Gasteiger partial charge on any atom is 0.191 e. The third-order valence-electron chi connectivity index (χ3n) is 3.04. The molecule has 0 aliphatic carbocycles. The summed E-state index contributed by atoms with van der Waals surface area (Å²) in [7, 11) is 0. The molecule has 4 nitrogen and oxygen atoms in total. The lowest BCUT2D eigenvalue weighted by Gasteiger charge is -2.20. The van der Waals surface area contributed by atoms with E-state index in [-0.39, 0.29) is 10.7 Å². The van der Waals surface area contributed by atoms with E-state index in [1.807, 2.05) is 6.20 Å². The fraction of sp³-hybridized carbons (Fsp3) is 0.400. The molecule has 0 fully saturated rings. The van der Waals surface area contributed by atoms with Crippen LogP contribution in [0, 0.1) is 0 Å². The largest absolute Gasteiger partial charge is 0.384 e. The molecule has 0 aromatic carbocycles. The Morgan fingerprint density at radius 3 is 2.57 bits per heavy atom. The fourth-order valence-corrected chi connectivity index (χ4v) is 2.94. The Labute approximate surface area is 134 Å². The van der Waals surface area contributed by atoms with E-state index in [2.05, 4.69) is 54.8 Å². The van der Waals surface area contributed by atoms with Gasteiger partial charge in [-0.1, -0.05) is 44.1 Å². The highest BCUT2D eigenvalue weighted by atomic mass is 35.5. The monoisotopic (exact) mass is 322 g/mol. The van der Waals surface area contributed by atoms with Gasteiger partial charge in [0, 0.05) is 12.3 Å². The molecular weight excluding hydrogens is 304 g/mol. The van der Waals surface area contributed by atoms with Crippen molar-refractivity contribution in [1.82, 2.24) is 15.0 Å². The van der Waals surface area contributed by atoms with Gasteiger partial charge in [0.2, 0.25) is 0 Å². The van der Waals surface area contributed by atoms with E-state index in [1.54, 1.807) is 0 Å². The minimum Gasteiger partial charge on any atom is -0.384 e. The van der Waals surface area contributed by atoms with Gasteiger partial charge in [-0.15, -0.1) is 0 Å². The molecule has 0 radical (unpaired) electrons. The van der Waals surface area contributed by atoms with Crippen LogP contribution in [0.3, 0.4) is 0 Å². The lowest BCUT2D eigenvalue weighted by molar-refractivity contribution is 0.588. The van der Waals surface area contributed by atoms with Crippen molar-refractivity contribution in [3.8, 4) is 0 Å². The summed E-state index contributed by atoms with van der Waals surface area (Å²) in [5.74, 6) is 0.376. The standard InChI is InChI=1S/C15H19ClN4S/c1-9(21-14-19-12(16)8-13(17)20-14)11-7-10(5-6-18-11)15(2,3)4/h5-9H,1-4H3,(H2,17,19,20). The number of thioether (sulfide) groups is 1. The third-order valence-corrected chi connectivity index (χ3v) is 4.22. The summed E-state index contributed by atoms with van der Waals surface area (Å²) in [6, 6.07) is 5.72. The predicted octanol–water partition coefficient (Wildman–Crippen LogP) is 4.26. The first-order valence-electron chi connectivity index (χ1n) is 6.69. The fourth-order valence-electron chi connectivity index (χ4n) is 1.82. The summed E-state index contributed by atoms with van der Waals surface area (Å²) in [6.45, 7) is 8.63. The molecule has 0 amide bonds. The molecule has 0 aliphatic heterocycles. The van der Waals surface area contributed by atoms with Crippen LogP contribution in [-0.4, -0.2) is 15.0 Å². The summed E-state index contributed by atoms with van der Waals surface area (Å²) in [5.41, 5.74) is 8.04. The van der Waals surface area contributed by atoms with Gasteiger partial charge in [-0.25, -0.2) is 9.97 Å². The first kappa shape index (κ1) is 16.0. The van der Waals surface area contributed by atoms with E-state index in [9.17, 15) is 0 Å². The molecule has 2 N–H and O–H groups in total. The number of hydrogen-bond acceptors (Lipinski definition) is 5.